The number of nitrogens with zero attached hydrogens (tertiary/aromatic N) is 2. The lowest BCUT2D eigenvalue weighted by molar-refractivity contribution is 1.22. The van der Waals surface area contributed by atoms with Crippen LogP contribution in [0.3, 0.4) is 0 Å². The summed E-state index contributed by atoms with van der Waals surface area (Å²) in [7, 11) is 0. The minimum atomic E-state index is -0.0330. The van der Waals surface area contributed by atoms with E-state index in [0.29, 0.717) is 0 Å². The number of alkyl halides is 1. The van der Waals surface area contributed by atoms with Crippen LogP contribution in [0.25, 0.3) is 21.9 Å². The number of benzene rings is 7. The van der Waals surface area contributed by atoms with Crippen LogP contribution in [0.1, 0.15) is 22.3 Å². The number of hydrogen-bond acceptors (Lipinski definition) is 3. The molecular formula is C46H40BIN2PS+. The molecule has 7 aromatic rings. The van der Waals surface area contributed by atoms with Gasteiger partial charge in [-0.05, 0) is 126 Å². The molecule has 0 aromatic heterocycles. The van der Waals surface area contributed by atoms with Gasteiger partial charge in [-0.1, -0.05) is 95.6 Å². The second-order valence-electron chi connectivity index (χ2n) is 14.1. The molecule has 6 heteroatoms. The van der Waals surface area contributed by atoms with E-state index in [1.165, 1.54) is 99.6 Å². The minimum absolute atomic E-state index is 0.0330. The molecule has 0 aliphatic carbocycles. The number of halogens is 1. The van der Waals surface area contributed by atoms with Crippen LogP contribution in [0.2, 0.25) is 0 Å². The van der Waals surface area contributed by atoms with Gasteiger partial charge in [0, 0.05) is 39.1 Å². The zero-order chi connectivity index (χ0) is 35.7. The summed E-state index contributed by atoms with van der Waals surface area (Å²) in [5, 5.41) is 2.53. The van der Waals surface area contributed by atoms with Crippen molar-refractivity contribution in [1.82, 2.24) is 0 Å². The summed E-state index contributed by atoms with van der Waals surface area (Å²) in [5.74, 6) is 0. The predicted molar refractivity (Wildman–Crippen MR) is 241 cm³/mol. The quantitative estimate of drug-likeness (QED) is 0.0739. The van der Waals surface area contributed by atoms with E-state index < -0.39 is 0 Å². The summed E-state index contributed by atoms with van der Waals surface area (Å²) < 4.78 is -0.0330. The van der Waals surface area contributed by atoms with E-state index in [1.807, 2.05) is 0 Å². The van der Waals surface area contributed by atoms with Gasteiger partial charge < -0.3 is 9.80 Å². The summed E-state index contributed by atoms with van der Waals surface area (Å²) in [6.07, 6.45) is 0. The van der Waals surface area contributed by atoms with E-state index in [0.717, 1.165) is 0 Å². The summed E-state index contributed by atoms with van der Waals surface area (Å²) in [5.41, 5.74) is 19.2. The van der Waals surface area contributed by atoms with Gasteiger partial charge in [0.1, 0.15) is 38.2 Å². The van der Waals surface area contributed by atoms with E-state index in [4.69, 9.17) is 0 Å². The largest absolute Gasteiger partial charge is 0.311 e. The molecule has 0 saturated carbocycles. The van der Waals surface area contributed by atoms with Crippen molar-refractivity contribution in [3.05, 3.63) is 156 Å². The first kappa shape index (κ1) is 33.7. The van der Waals surface area contributed by atoms with Crippen LogP contribution in [0.4, 0.5) is 34.1 Å². The fourth-order valence-electron chi connectivity index (χ4n) is 8.26. The Kier molecular flexibility index (Phi) is 8.65. The molecule has 0 N–H and O–H groups in total. The molecule has 254 valence electrons. The molecule has 0 amide bonds. The average Bonchev–Trinajstić information content (AvgIpc) is 3.15. The Balaban J connectivity index is 1.43. The number of fused-ring (bicyclic) bond motifs is 5. The Morgan fingerprint density at radius 2 is 1.21 bits per heavy atom. The molecule has 1 unspecified atom stereocenters. The van der Waals surface area contributed by atoms with E-state index in [1.54, 1.807) is 0 Å². The van der Waals surface area contributed by atoms with Crippen LogP contribution in [-0.2, 0) is 0 Å². The summed E-state index contributed by atoms with van der Waals surface area (Å²) >= 11 is 2.29. The number of aryl methyl sites for hydroxylation is 4. The average molecular weight is 822 g/mol. The number of anilines is 6. The van der Waals surface area contributed by atoms with Gasteiger partial charge in [-0.15, -0.1) is 0 Å². The lowest BCUT2D eigenvalue weighted by Crippen LogP contribution is -2.61. The Labute approximate surface area is 322 Å². The predicted octanol–water partition coefficient (Wildman–Crippen LogP) is 12.5. The summed E-state index contributed by atoms with van der Waals surface area (Å²) in [4.78, 5) is 8.93. The van der Waals surface area contributed by atoms with Crippen molar-refractivity contribution >= 4 is 104 Å². The molecule has 2 nitrogen and oxygen atoms in total. The molecule has 2 aliphatic heterocycles. The molecule has 0 fully saturated rings. The normalized spacial score (nSPS) is 13.4. The monoisotopic (exact) mass is 821 g/mol. The maximum atomic E-state index is 2.58. The van der Waals surface area contributed by atoms with Crippen LogP contribution in [0, 0.1) is 27.7 Å². The van der Waals surface area contributed by atoms with E-state index in [2.05, 4.69) is 194 Å². The van der Waals surface area contributed by atoms with E-state index in [9.17, 15) is 0 Å². The van der Waals surface area contributed by atoms with Gasteiger partial charge >= 0.3 is 0 Å². The highest BCUT2D eigenvalue weighted by Gasteiger charge is 2.44. The van der Waals surface area contributed by atoms with Crippen molar-refractivity contribution in [2.24, 2.45) is 0 Å². The topological polar surface area (TPSA) is 6.48 Å². The molecule has 2 heterocycles. The Bertz CT molecular complexity index is 2590. The van der Waals surface area contributed by atoms with Gasteiger partial charge in [0.05, 0.1) is 4.90 Å². The summed E-state index contributed by atoms with van der Waals surface area (Å²) in [6.45, 7) is 11.4. The van der Waals surface area contributed by atoms with Gasteiger partial charge in [0.2, 0.25) is 0 Å². The third kappa shape index (κ3) is 5.64. The highest BCUT2D eigenvalue weighted by molar-refractivity contribution is 14.2. The highest BCUT2D eigenvalue weighted by Crippen LogP contribution is 2.51. The fourth-order valence-corrected chi connectivity index (χ4v) is 14.2. The molecule has 52 heavy (non-hydrogen) atoms. The van der Waals surface area contributed by atoms with Crippen molar-refractivity contribution in [3.63, 3.8) is 0 Å². The first-order valence-electron chi connectivity index (χ1n) is 17.9. The first-order chi connectivity index (χ1) is 25.3. The van der Waals surface area contributed by atoms with Crippen molar-refractivity contribution in [2.45, 2.75) is 32.6 Å². The van der Waals surface area contributed by atoms with Crippen LogP contribution in [0.5, 0.6) is 0 Å². The molecule has 1 atom stereocenters. The Hall–Kier alpha value is -4.16. The van der Waals surface area contributed by atoms with Crippen LogP contribution in [0.15, 0.2) is 138 Å². The van der Waals surface area contributed by atoms with Gasteiger partial charge in [-0.3, -0.25) is 0 Å². The van der Waals surface area contributed by atoms with Gasteiger partial charge in [0.15, 0.2) is 4.30 Å². The van der Waals surface area contributed by atoms with Gasteiger partial charge in [-0.25, -0.2) is 0 Å². The zero-order valence-corrected chi connectivity index (χ0v) is 34.3. The minimum Gasteiger partial charge on any atom is -0.311 e. The molecule has 0 spiro atoms. The third-order valence-corrected chi connectivity index (χ3v) is 21.9. The van der Waals surface area contributed by atoms with Crippen molar-refractivity contribution in [3.8, 4) is 11.1 Å². The maximum absolute atomic E-state index is 2.58. The molecule has 0 saturated heterocycles. The first-order valence-corrected chi connectivity index (χ1v) is 26.0. The summed E-state index contributed by atoms with van der Waals surface area (Å²) in [6, 6.07) is 51.0. The molecule has 2 aliphatic rings. The standard InChI is InChI=1S/C46H40BIN2PS/c1-29-14-18-35(19-15-29)49-42-22-17-31(3)25-39(42)47-40-28-36(52-51(6)48-5)20-23-43(40)50(41-21-16-30(2)24-32(41)4)45-27-34(26-44(49)46(45)47)38-13-9-11-33-10-7-8-12-37(33)38/h7-28H,1-6H3/q+1. The van der Waals surface area contributed by atoms with Crippen molar-refractivity contribution in [2.75, 3.05) is 21.4 Å². The highest BCUT2D eigenvalue weighted by atomic mass is 127. The van der Waals surface area contributed by atoms with Crippen molar-refractivity contribution in [1.29, 1.82) is 0 Å². The molecule has 0 radical (unpaired) electrons. The van der Waals surface area contributed by atoms with Gasteiger partial charge in [-0.2, -0.15) is 0 Å². The number of hydrogen-bond donors (Lipinski definition) is 0. The van der Waals surface area contributed by atoms with Crippen LogP contribution < -0.4 is 26.2 Å². The second kappa shape index (κ2) is 13.4. The van der Waals surface area contributed by atoms with Crippen LogP contribution in [-0.4, -0.2) is 18.3 Å². The Morgan fingerprint density at radius 1 is 0.577 bits per heavy atom. The SMILES string of the molecule is CI=[P+](C)Sc1ccc2c(c1)B1c3cc(C)ccc3N(c3ccc(C)cc3)c3cc(-c4cccc5ccccc45)cc(c31)N2c1ccc(C)cc1C. The molecule has 7 aromatic carbocycles. The molecule has 0 bridgehead atoms. The number of rotatable bonds is 5. The lowest BCUT2D eigenvalue weighted by atomic mass is 9.33. The molecular weight excluding hydrogens is 781 g/mol. The van der Waals surface area contributed by atoms with Gasteiger partial charge in [0.25, 0.3) is 6.71 Å². The van der Waals surface area contributed by atoms with E-state index >= 15 is 0 Å². The van der Waals surface area contributed by atoms with E-state index in [-0.39, 0.29) is 31.2 Å². The smallest absolute Gasteiger partial charge is 0.252 e. The fraction of sp³-hybridized carbons (Fsp3) is 0.130. The van der Waals surface area contributed by atoms with Crippen molar-refractivity contribution < 1.29 is 0 Å². The second-order valence-corrected chi connectivity index (χ2v) is 27.4. The third-order valence-electron chi connectivity index (χ3n) is 10.6. The Morgan fingerprint density at radius 3 is 1.98 bits per heavy atom. The maximum Gasteiger partial charge on any atom is 0.252 e. The zero-order valence-electron chi connectivity index (χ0n) is 30.4. The van der Waals surface area contributed by atoms with Crippen LogP contribution >= 0.6 is 35.8 Å². The lowest BCUT2D eigenvalue weighted by Gasteiger charge is -2.45. The molecule has 9 rings (SSSR count).